The second-order valence-electron chi connectivity index (χ2n) is 12.4. The van der Waals surface area contributed by atoms with Gasteiger partial charge in [-0.3, -0.25) is 0 Å². The highest BCUT2D eigenvalue weighted by Gasteiger charge is 2.16. The number of fused-ring (bicyclic) bond motifs is 6. The Hall–Kier alpha value is -6.38. The van der Waals surface area contributed by atoms with Crippen molar-refractivity contribution in [3.05, 3.63) is 195 Å². The van der Waals surface area contributed by atoms with E-state index >= 15 is 0 Å². The monoisotopic (exact) mass is 628 g/mol. The molecule has 0 saturated heterocycles. The van der Waals surface area contributed by atoms with Gasteiger partial charge in [0.25, 0.3) is 0 Å². The van der Waals surface area contributed by atoms with E-state index < -0.39 is 0 Å². The molecule has 0 unspecified atom stereocenters. The number of hydrogen-bond acceptors (Lipinski definition) is 0. The van der Waals surface area contributed by atoms with Crippen molar-refractivity contribution in [2.75, 3.05) is 0 Å². The van der Waals surface area contributed by atoms with E-state index in [9.17, 15) is 0 Å². The molecule has 0 fully saturated rings. The van der Waals surface area contributed by atoms with Crippen molar-refractivity contribution in [2.45, 2.75) is 6.92 Å². The first-order valence-electron chi connectivity index (χ1n) is 16.7. The van der Waals surface area contributed by atoms with Crippen LogP contribution in [0.1, 0.15) is 6.92 Å². The number of allylic oxidation sites excluding steroid dienone is 8. The van der Waals surface area contributed by atoms with Crippen LogP contribution in [0.2, 0.25) is 0 Å². The summed E-state index contributed by atoms with van der Waals surface area (Å²) in [5, 5.41) is 6.18. The molecule has 0 bridgehead atoms. The molecule has 2 aromatic heterocycles. The van der Waals surface area contributed by atoms with E-state index in [-0.39, 0.29) is 0 Å². The highest BCUT2D eigenvalue weighted by molar-refractivity contribution is 6.15. The van der Waals surface area contributed by atoms with Gasteiger partial charge in [-0.2, -0.15) is 0 Å². The van der Waals surface area contributed by atoms with E-state index in [2.05, 4.69) is 187 Å². The molecule has 6 aromatic carbocycles. The molecule has 8 aromatic rings. The lowest BCUT2D eigenvalue weighted by atomic mass is 9.95. The zero-order valence-corrected chi connectivity index (χ0v) is 27.6. The summed E-state index contributed by atoms with van der Waals surface area (Å²) in [6.45, 7) is 9.88. The standard InChI is InChI=1S/C47H36N2/c1-4-14-34(5-2)16-13-15-33(3)49-45-22-12-11-20-41(45)44-31-37(25-28-46(44)49)43-32-38-29-30-48(47(38)42-21-10-9-19-40(42)43)39-26-23-36(24-27-39)35-17-7-6-8-18-35/h4-32H,1-2H2,3H3/b16-13-,33-15+,34-14+. The van der Waals surface area contributed by atoms with Crippen LogP contribution in [0.3, 0.4) is 0 Å². The first kappa shape index (κ1) is 30.0. The first-order chi connectivity index (χ1) is 24.1. The van der Waals surface area contributed by atoms with Gasteiger partial charge in [-0.1, -0.05) is 135 Å². The molecular weight excluding hydrogens is 593 g/mol. The topological polar surface area (TPSA) is 9.86 Å². The summed E-state index contributed by atoms with van der Waals surface area (Å²) in [5.41, 5.74) is 11.8. The van der Waals surface area contributed by atoms with Crippen LogP contribution in [-0.2, 0) is 0 Å². The quantitative estimate of drug-likeness (QED) is 0.148. The summed E-state index contributed by atoms with van der Waals surface area (Å²) < 4.78 is 4.68. The molecule has 0 aliphatic heterocycles. The number of para-hydroxylation sites is 1. The average Bonchev–Trinajstić information content (AvgIpc) is 3.74. The molecule has 0 amide bonds. The van der Waals surface area contributed by atoms with E-state index in [1.54, 1.807) is 6.08 Å². The van der Waals surface area contributed by atoms with E-state index in [1.807, 2.05) is 12.2 Å². The summed E-state index contributed by atoms with van der Waals surface area (Å²) in [6, 6.07) is 48.4. The second-order valence-corrected chi connectivity index (χ2v) is 12.4. The van der Waals surface area contributed by atoms with Crippen molar-refractivity contribution in [2.24, 2.45) is 0 Å². The van der Waals surface area contributed by atoms with E-state index in [1.165, 1.54) is 65.7 Å². The average molecular weight is 629 g/mol. The highest BCUT2D eigenvalue weighted by Crippen LogP contribution is 2.40. The normalized spacial score (nSPS) is 12.5. The Morgan fingerprint density at radius 1 is 0.592 bits per heavy atom. The second kappa shape index (κ2) is 12.7. The maximum Gasteiger partial charge on any atom is 0.0607 e. The van der Waals surface area contributed by atoms with Crippen LogP contribution in [0.15, 0.2) is 195 Å². The molecule has 2 heteroatoms. The minimum absolute atomic E-state index is 1.02. The maximum atomic E-state index is 3.91. The predicted octanol–water partition coefficient (Wildman–Crippen LogP) is 12.9. The van der Waals surface area contributed by atoms with Gasteiger partial charge >= 0.3 is 0 Å². The summed E-state index contributed by atoms with van der Waals surface area (Å²) in [7, 11) is 0. The minimum atomic E-state index is 1.02. The van der Waals surface area contributed by atoms with Gasteiger partial charge in [0.05, 0.1) is 16.6 Å². The van der Waals surface area contributed by atoms with Gasteiger partial charge in [0.2, 0.25) is 0 Å². The van der Waals surface area contributed by atoms with Crippen molar-refractivity contribution in [1.82, 2.24) is 9.13 Å². The SMILES string of the molecule is C=C/C=C(C=C)/C=C\C=C(/C)n1c2ccccc2c2cc(-c3cc4ccn(-c5ccc(-c6ccccc6)cc5)c4c4ccccc34)ccc21. The number of benzene rings is 6. The molecule has 0 aliphatic carbocycles. The van der Waals surface area contributed by atoms with Crippen molar-refractivity contribution in [3.63, 3.8) is 0 Å². The maximum absolute atomic E-state index is 3.91. The van der Waals surface area contributed by atoms with Gasteiger partial charge in [-0.15, -0.1) is 0 Å². The predicted molar refractivity (Wildman–Crippen MR) is 212 cm³/mol. The third-order valence-corrected chi connectivity index (χ3v) is 9.45. The van der Waals surface area contributed by atoms with Gasteiger partial charge in [-0.25, -0.2) is 0 Å². The van der Waals surface area contributed by atoms with Crippen LogP contribution < -0.4 is 0 Å². The molecular formula is C47H36N2. The Morgan fingerprint density at radius 3 is 2.04 bits per heavy atom. The van der Waals surface area contributed by atoms with Gasteiger partial charge in [0, 0.05) is 39.1 Å². The smallest absolute Gasteiger partial charge is 0.0607 e. The molecule has 0 saturated carbocycles. The number of aromatic nitrogens is 2. The van der Waals surface area contributed by atoms with Gasteiger partial charge in [0.15, 0.2) is 0 Å². The Balaban J connectivity index is 1.24. The van der Waals surface area contributed by atoms with E-state index in [4.69, 9.17) is 0 Å². The molecule has 8 rings (SSSR count). The Labute approximate surface area is 287 Å². The zero-order valence-electron chi connectivity index (χ0n) is 27.6. The molecule has 0 radical (unpaired) electrons. The lowest BCUT2D eigenvalue weighted by molar-refractivity contribution is 1.13. The van der Waals surface area contributed by atoms with E-state index in [0.29, 0.717) is 0 Å². The van der Waals surface area contributed by atoms with Crippen molar-refractivity contribution >= 4 is 49.2 Å². The number of nitrogens with zero attached hydrogens (tertiary/aromatic N) is 2. The fourth-order valence-corrected chi connectivity index (χ4v) is 7.13. The molecule has 234 valence electrons. The lowest BCUT2D eigenvalue weighted by Gasteiger charge is -2.13. The summed E-state index contributed by atoms with van der Waals surface area (Å²) in [4.78, 5) is 0. The Kier molecular flexibility index (Phi) is 7.75. The molecule has 0 aliphatic rings. The highest BCUT2D eigenvalue weighted by atomic mass is 15.0. The molecule has 0 atom stereocenters. The summed E-state index contributed by atoms with van der Waals surface area (Å²) in [6.07, 6.45) is 14.1. The summed E-state index contributed by atoms with van der Waals surface area (Å²) in [5.74, 6) is 0. The fraction of sp³-hybridized carbons (Fsp3) is 0.0213. The van der Waals surface area contributed by atoms with Gasteiger partial charge < -0.3 is 9.13 Å². The van der Waals surface area contributed by atoms with Crippen molar-refractivity contribution < 1.29 is 0 Å². The lowest BCUT2D eigenvalue weighted by Crippen LogP contribution is -1.94. The van der Waals surface area contributed by atoms with Crippen LogP contribution >= 0.6 is 0 Å². The van der Waals surface area contributed by atoms with Crippen LogP contribution in [0.4, 0.5) is 0 Å². The van der Waals surface area contributed by atoms with Crippen LogP contribution in [0, 0.1) is 0 Å². The zero-order chi connectivity index (χ0) is 33.3. The minimum Gasteiger partial charge on any atom is -0.316 e. The third kappa shape index (κ3) is 5.34. The van der Waals surface area contributed by atoms with Gasteiger partial charge in [-0.05, 0) is 88.7 Å². The number of rotatable bonds is 8. The fourth-order valence-electron chi connectivity index (χ4n) is 7.13. The van der Waals surface area contributed by atoms with Crippen LogP contribution in [0.25, 0.3) is 77.1 Å². The Morgan fingerprint density at radius 2 is 1.27 bits per heavy atom. The number of hydrogen-bond donors (Lipinski definition) is 0. The molecule has 0 N–H and O–H groups in total. The third-order valence-electron chi connectivity index (χ3n) is 9.45. The first-order valence-corrected chi connectivity index (χ1v) is 16.7. The largest absolute Gasteiger partial charge is 0.316 e. The molecule has 2 nitrogen and oxygen atoms in total. The van der Waals surface area contributed by atoms with E-state index in [0.717, 1.165) is 17.0 Å². The Bertz CT molecular complexity index is 2620. The molecule has 0 spiro atoms. The summed E-state index contributed by atoms with van der Waals surface area (Å²) >= 11 is 0. The van der Waals surface area contributed by atoms with Crippen LogP contribution in [-0.4, -0.2) is 9.13 Å². The van der Waals surface area contributed by atoms with Crippen molar-refractivity contribution in [3.8, 4) is 27.9 Å². The van der Waals surface area contributed by atoms with Crippen LogP contribution in [0.5, 0.6) is 0 Å². The van der Waals surface area contributed by atoms with Crippen molar-refractivity contribution in [1.29, 1.82) is 0 Å². The molecule has 2 heterocycles. The molecule has 49 heavy (non-hydrogen) atoms. The van der Waals surface area contributed by atoms with Gasteiger partial charge in [0.1, 0.15) is 0 Å².